The summed E-state index contributed by atoms with van der Waals surface area (Å²) in [5, 5.41) is 19.2. The van der Waals surface area contributed by atoms with E-state index in [0.717, 1.165) is 6.07 Å². The van der Waals surface area contributed by atoms with Gasteiger partial charge >= 0.3 is 5.69 Å². The zero-order valence-corrected chi connectivity index (χ0v) is 21.4. The first-order chi connectivity index (χ1) is 18.3. The van der Waals surface area contributed by atoms with E-state index < -0.39 is 46.9 Å². The molecule has 4 aromatic rings. The topological polar surface area (TPSA) is 133 Å². The van der Waals surface area contributed by atoms with Crippen LogP contribution >= 0.6 is 11.6 Å². The Hall–Kier alpha value is -4.13. The van der Waals surface area contributed by atoms with Crippen molar-refractivity contribution in [2.24, 2.45) is 0 Å². The van der Waals surface area contributed by atoms with Crippen LogP contribution < -0.4 is 16.0 Å². The summed E-state index contributed by atoms with van der Waals surface area (Å²) >= 11 is 6.19. The molecule has 0 fully saturated rings. The van der Waals surface area contributed by atoms with E-state index in [1.807, 2.05) is 0 Å². The number of aliphatic hydroxyl groups is 2. The van der Waals surface area contributed by atoms with Crippen LogP contribution in [0.4, 0.5) is 8.78 Å². The van der Waals surface area contributed by atoms with Gasteiger partial charge in [-0.15, -0.1) is 0 Å². The maximum atomic E-state index is 13.9. The zero-order chi connectivity index (χ0) is 28.6. The average molecular weight is 562 g/mol. The summed E-state index contributed by atoms with van der Waals surface area (Å²) in [5.41, 5.74) is -3.20. The molecule has 0 bridgehead atoms. The molecule has 4 rings (SSSR count). The van der Waals surface area contributed by atoms with Gasteiger partial charge in [-0.25, -0.2) is 22.7 Å². The van der Waals surface area contributed by atoms with Gasteiger partial charge in [0.25, 0.3) is 17.4 Å². The number of nitrogens with zero attached hydrogens (tertiary/aromatic N) is 3. The number of aromatic nitrogens is 3. The van der Waals surface area contributed by atoms with Crippen LogP contribution in [0.5, 0.6) is 5.75 Å². The van der Waals surface area contributed by atoms with Crippen LogP contribution in [0.1, 0.15) is 34.6 Å². The van der Waals surface area contributed by atoms with E-state index in [1.165, 1.54) is 54.9 Å². The predicted octanol–water partition coefficient (Wildman–Crippen LogP) is 2.57. The fraction of sp³-hybridized carbons (Fsp3) is 0.231. The fourth-order valence-electron chi connectivity index (χ4n) is 3.88. The van der Waals surface area contributed by atoms with E-state index in [9.17, 15) is 38.2 Å². The largest absolute Gasteiger partial charge is 0.487 e. The molecule has 0 aliphatic heterocycles. The molecule has 39 heavy (non-hydrogen) atoms. The number of halogens is 3. The first kappa shape index (κ1) is 27.9. The lowest BCUT2D eigenvalue weighted by Gasteiger charge is -2.16. The van der Waals surface area contributed by atoms with Gasteiger partial charge in [-0.2, -0.15) is 0 Å². The third-order valence-electron chi connectivity index (χ3n) is 5.84. The highest BCUT2D eigenvalue weighted by atomic mass is 35.5. The van der Waals surface area contributed by atoms with Crippen molar-refractivity contribution in [1.29, 1.82) is 0 Å². The van der Waals surface area contributed by atoms with Crippen LogP contribution in [0.25, 0.3) is 11.0 Å². The normalized spacial score (nSPS) is 11.7. The summed E-state index contributed by atoms with van der Waals surface area (Å²) < 4.78 is 34.9. The Kier molecular flexibility index (Phi) is 7.55. The van der Waals surface area contributed by atoms with Crippen LogP contribution in [-0.2, 0) is 13.2 Å². The fourth-order valence-corrected chi connectivity index (χ4v) is 4.11. The van der Waals surface area contributed by atoms with Crippen LogP contribution in [0.2, 0.25) is 5.02 Å². The molecule has 204 valence electrons. The summed E-state index contributed by atoms with van der Waals surface area (Å²) in [6, 6.07) is 8.63. The van der Waals surface area contributed by atoms with Gasteiger partial charge in [-0.1, -0.05) is 17.7 Å². The van der Waals surface area contributed by atoms with Gasteiger partial charge in [0.15, 0.2) is 0 Å². The second kappa shape index (κ2) is 10.6. The monoisotopic (exact) mass is 561 g/mol. The smallest absolute Gasteiger partial charge is 0.343 e. The second-order valence-corrected chi connectivity index (χ2v) is 9.52. The maximum absolute atomic E-state index is 13.9. The quantitative estimate of drug-likeness (QED) is 0.354. The number of carbonyl (C=O) groups excluding carboxylic acids is 2. The SMILES string of the molecule is CC(C)(O)C(=O)n1c(=O)n(C(=O)CO)c2ccc(Cn3ccc(OCc4ccc(F)cc4F)c(Cl)c3=O)cc21. The molecule has 13 heteroatoms. The van der Waals surface area contributed by atoms with Crippen molar-refractivity contribution in [1.82, 2.24) is 13.7 Å². The minimum Gasteiger partial charge on any atom is -0.487 e. The number of pyridine rings is 1. The minimum absolute atomic E-state index is 0.0163. The molecule has 0 aliphatic carbocycles. The molecule has 0 spiro atoms. The Morgan fingerprint density at radius 2 is 1.74 bits per heavy atom. The van der Waals surface area contributed by atoms with E-state index in [2.05, 4.69) is 0 Å². The first-order valence-electron chi connectivity index (χ1n) is 11.5. The summed E-state index contributed by atoms with van der Waals surface area (Å²) in [6.45, 7) is 0.984. The van der Waals surface area contributed by atoms with Gasteiger partial charge in [0.05, 0.1) is 17.6 Å². The van der Waals surface area contributed by atoms with Crippen molar-refractivity contribution in [3.8, 4) is 5.75 Å². The van der Waals surface area contributed by atoms with Gasteiger partial charge in [0, 0.05) is 17.8 Å². The number of ether oxygens (including phenoxy) is 1. The van der Waals surface area contributed by atoms with E-state index in [0.29, 0.717) is 20.8 Å². The van der Waals surface area contributed by atoms with Crippen molar-refractivity contribution in [2.75, 3.05) is 6.61 Å². The summed E-state index contributed by atoms with van der Waals surface area (Å²) in [4.78, 5) is 50.8. The summed E-state index contributed by atoms with van der Waals surface area (Å²) in [5.74, 6) is -3.56. The molecule has 2 aromatic heterocycles. The number of benzene rings is 2. The van der Waals surface area contributed by atoms with Crippen molar-refractivity contribution < 1.29 is 33.3 Å². The van der Waals surface area contributed by atoms with Gasteiger partial charge in [-0.05, 0) is 49.7 Å². The molecular weight excluding hydrogens is 540 g/mol. The van der Waals surface area contributed by atoms with E-state index in [4.69, 9.17) is 16.3 Å². The van der Waals surface area contributed by atoms with Crippen LogP contribution in [0.3, 0.4) is 0 Å². The third-order valence-corrected chi connectivity index (χ3v) is 6.19. The van der Waals surface area contributed by atoms with Crippen LogP contribution in [0, 0.1) is 11.6 Å². The van der Waals surface area contributed by atoms with E-state index in [-0.39, 0.29) is 40.5 Å². The Labute approximate surface area is 223 Å². The Balaban J connectivity index is 1.68. The molecule has 2 N–H and O–H groups in total. The molecule has 0 unspecified atom stereocenters. The highest BCUT2D eigenvalue weighted by Gasteiger charge is 2.31. The highest BCUT2D eigenvalue weighted by Crippen LogP contribution is 2.23. The second-order valence-electron chi connectivity index (χ2n) is 9.14. The molecule has 0 saturated heterocycles. The standard InChI is InChI=1S/C26H22ClF2N3O7/c1-26(2,38)24(36)32-19-9-14(3-6-18(19)31(25(32)37)21(34)12-33)11-30-8-7-20(22(27)23(30)35)39-13-15-4-5-16(28)10-17(15)29/h3-10,33,38H,11-13H2,1-2H3. The zero-order valence-electron chi connectivity index (χ0n) is 20.7. The lowest BCUT2D eigenvalue weighted by Crippen LogP contribution is -2.42. The van der Waals surface area contributed by atoms with Gasteiger partial charge in [0.1, 0.15) is 41.2 Å². The van der Waals surface area contributed by atoms with Gasteiger partial charge in [0.2, 0.25) is 0 Å². The molecule has 0 aliphatic rings. The summed E-state index contributed by atoms with van der Waals surface area (Å²) in [6.07, 6.45) is 1.37. The molecule has 0 saturated carbocycles. The number of aliphatic hydroxyl groups excluding tert-OH is 1. The van der Waals surface area contributed by atoms with E-state index in [1.54, 1.807) is 0 Å². The Morgan fingerprint density at radius 3 is 2.38 bits per heavy atom. The molecule has 0 atom stereocenters. The third kappa shape index (κ3) is 5.39. The molecule has 0 radical (unpaired) electrons. The van der Waals surface area contributed by atoms with Crippen molar-refractivity contribution in [3.05, 3.63) is 97.3 Å². The van der Waals surface area contributed by atoms with Gasteiger partial charge in [-0.3, -0.25) is 14.4 Å². The first-order valence-corrected chi connectivity index (χ1v) is 11.8. The molecule has 10 nitrogen and oxygen atoms in total. The number of imidazole rings is 1. The minimum atomic E-state index is -1.96. The highest BCUT2D eigenvalue weighted by molar-refractivity contribution is 6.31. The van der Waals surface area contributed by atoms with Gasteiger partial charge < -0.3 is 19.5 Å². The summed E-state index contributed by atoms with van der Waals surface area (Å²) in [7, 11) is 0. The lowest BCUT2D eigenvalue weighted by molar-refractivity contribution is 0.0391. The van der Waals surface area contributed by atoms with Crippen molar-refractivity contribution in [2.45, 2.75) is 32.6 Å². The van der Waals surface area contributed by atoms with Crippen LogP contribution in [0.15, 0.2) is 58.3 Å². The van der Waals surface area contributed by atoms with E-state index >= 15 is 0 Å². The maximum Gasteiger partial charge on any atom is 0.343 e. The number of hydrogen-bond donors (Lipinski definition) is 2. The van der Waals surface area contributed by atoms with Crippen molar-refractivity contribution >= 4 is 34.4 Å². The molecular formula is C26H22ClF2N3O7. The predicted molar refractivity (Wildman–Crippen MR) is 136 cm³/mol. The molecule has 2 heterocycles. The number of carbonyl (C=O) groups is 2. The lowest BCUT2D eigenvalue weighted by atomic mass is 10.1. The van der Waals surface area contributed by atoms with Crippen LogP contribution in [-0.4, -0.2) is 47.9 Å². The number of rotatable bonds is 7. The van der Waals surface area contributed by atoms with Crippen molar-refractivity contribution in [3.63, 3.8) is 0 Å². The molecule has 0 amide bonds. The molecule has 2 aromatic carbocycles. The Bertz CT molecular complexity index is 1730. The Morgan fingerprint density at radius 1 is 1.03 bits per heavy atom. The average Bonchev–Trinajstić information content (AvgIpc) is 3.16. The number of hydrogen-bond acceptors (Lipinski definition) is 7. The number of fused-ring (bicyclic) bond motifs is 1.